The Morgan fingerprint density at radius 1 is 1.26 bits per heavy atom. The molecule has 0 aliphatic rings. The van der Waals surface area contributed by atoms with Gasteiger partial charge in [0, 0.05) is 17.8 Å². The minimum absolute atomic E-state index is 0.295. The summed E-state index contributed by atoms with van der Waals surface area (Å²) in [4.78, 5) is 8.21. The minimum atomic E-state index is -0.370. The molecule has 0 aliphatic heterocycles. The molecule has 2 rings (SSSR count). The molecule has 1 aromatic heterocycles. The normalized spacial score (nSPS) is 10.1. The second-order valence-electron chi connectivity index (χ2n) is 3.83. The van der Waals surface area contributed by atoms with Gasteiger partial charge in [0.1, 0.15) is 17.4 Å². The fourth-order valence-corrected chi connectivity index (χ4v) is 1.60. The Morgan fingerprint density at radius 3 is 2.74 bits per heavy atom. The van der Waals surface area contributed by atoms with Crippen molar-refractivity contribution in [3.63, 3.8) is 0 Å². The molecule has 0 fully saturated rings. The van der Waals surface area contributed by atoms with Gasteiger partial charge >= 0.3 is 0 Å². The van der Waals surface area contributed by atoms with E-state index in [1.807, 2.05) is 6.92 Å². The zero-order chi connectivity index (χ0) is 13.8. The predicted molar refractivity (Wildman–Crippen MR) is 70.8 cm³/mol. The molecule has 0 saturated heterocycles. The molecule has 19 heavy (non-hydrogen) atoms. The lowest BCUT2D eigenvalue weighted by Crippen LogP contribution is -2.12. The maximum Gasteiger partial charge on any atom is 0.239 e. The van der Waals surface area contributed by atoms with Crippen LogP contribution < -0.4 is 21.3 Å². The molecule has 0 aliphatic carbocycles. The van der Waals surface area contributed by atoms with Gasteiger partial charge in [-0.2, -0.15) is 4.98 Å². The van der Waals surface area contributed by atoms with E-state index in [2.05, 4.69) is 20.7 Å². The molecular formula is C12H14FN5O. The molecule has 0 radical (unpaired) electrons. The highest BCUT2D eigenvalue weighted by atomic mass is 19.1. The zero-order valence-electron chi connectivity index (χ0n) is 10.6. The van der Waals surface area contributed by atoms with Gasteiger partial charge in [0.05, 0.1) is 12.8 Å². The number of halogens is 1. The number of aryl methyl sites for hydroxylation is 1. The molecule has 2 aromatic rings. The first kappa shape index (κ1) is 13.0. The highest BCUT2D eigenvalue weighted by molar-refractivity contribution is 5.64. The second kappa shape index (κ2) is 5.49. The van der Waals surface area contributed by atoms with E-state index in [4.69, 9.17) is 10.6 Å². The number of aromatic nitrogens is 2. The molecule has 1 aromatic carbocycles. The lowest BCUT2D eigenvalue weighted by molar-refractivity contribution is 0.413. The van der Waals surface area contributed by atoms with Crippen molar-refractivity contribution in [2.75, 3.05) is 17.9 Å². The van der Waals surface area contributed by atoms with Crippen LogP contribution in [0.2, 0.25) is 0 Å². The Labute approximate surface area is 109 Å². The third kappa shape index (κ3) is 3.08. The summed E-state index contributed by atoms with van der Waals surface area (Å²) in [6, 6.07) is 5.93. The van der Waals surface area contributed by atoms with Crippen molar-refractivity contribution in [3.8, 4) is 5.75 Å². The maximum atomic E-state index is 13.1. The standard InChI is InChI=1S/C12H14FN5O/c1-7-5-11(17-12(15-7)18-14)16-9-4-3-8(13)6-10(9)19-2/h3-6H,14H2,1-2H3,(H2,15,16,17,18). The monoisotopic (exact) mass is 263 g/mol. The minimum Gasteiger partial charge on any atom is -0.494 e. The van der Waals surface area contributed by atoms with Crippen molar-refractivity contribution in [1.29, 1.82) is 0 Å². The van der Waals surface area contributed by atoms with Crippen molar-refractivity contribution in [2.45, 2.75) is 6.92 Å². The van der Waals surface area contributed by atoms with Crippen LogP contribution in [-0.4, -0.2) is 17.1 Å². The van der Waals surface area contributed by atoms with Gasteiger partial charge in [0.15, 0.2) is 0 Å². The summed E-state index contributed by atoms with van der Waals surface area (Å²) in [5, 5.41) is 3.03. The molecule has 6 nitrogen and oxygen atoms in total. The van der Waals surface area contributed by atoms with Crippen LogP contribution in [-0.2, 0) is 0 Å². The van der Waals surface area contributed by atoms with Crippen molar-refractivity contribution in [1.82, 2.24) is 9.97 Å². The van der Waals surface area contributed by atoms with E-state index in [0.717, 1.165) is 5.69 Å². The van der Waals surface area contributed by atoms with Gasteiger partial charge in [-0.1, -0.05) is 0 Å². The predicted octanol–water partition coefficient (Wildman–Crippen LogP) is 1.96. The van der Waals surface area contributed by atoms with Crippen LogP contribution in [0.5, 0.6) is 5.75 Å². The van der Waals surface area contributed by atoms with Crippen LogP contribution >= 0.6 is 0 Å². The quantitative estimate of drug-likeness (QED) is 0.577. The summed E-state index contributed by atoms with van der Waals surface area (Å²) in [6.07, 6.45) is 0. The van der Waals surface area contributed by atoms with Crippen molar-refractivity contribution in [2.24, 2.45) is 5.84 Å². The third-order valence-electron chi connectivity index (χ3n) is 2.41. The molecule has 7 heteroatoms. The highest BCUT2D eigenvalue weighted by Gasteiger charge is 2.07. The first-order chi connectivity index (χ1) is 9.12. The number of hydrazine groups is 1. The Bertz CT molecular complexity index is 590. The van der Waals surface area contributed by atoms with Crippen molar-refractivity contribution < 1.29 is 9.13 Å². The SMILES string of the molecule is COc1cc(F)ccc1Nc1cc(C)nc(NN)n1. The highest BCUT2D eigenvalue weighted by Crippen LogP contribution is 2.27. The van der Waals surface area contributed by atoms with E-state index in [-0.39, 0.29) is 5.82 Å². The van der Waals surface area contributed by atoms with E-state index < -0.39 is 0 Å². The van der Waals surface area contributed by atoms with Crippen LogP contribution in [0.3, 0.4) is 0 Å². The number of hydrogen-bond donors (Lipinski definition) is 3. The second-order valence-corrected chi connectivity index (χ2v) is 3.83. The fourth-order valence-electron chi connectivity index (χ4n) is 1.60. The van der Waals surface area contributed by atoms with E-state index >= 15 is 0 Å². The Kier molecular flexibility index (Phi) is 3.76. The number of benzene rings is 1. The molecule has 0 unspecified atom stereocenters. The van der Waals surface area contributed by atoms with E-state index in [1.165, 1.54) is 19.2 Å². The number of rotatable bonds is 4. The van der Waals surface area contributed by atoms with Gasteiger partial charge in [-0.25, -0.2) is 15.2 Å². The number of nitrogens with one attached hydrogen (secondary N) is 2. The third-order valence-corrected chi connectivity index (χ3v) is 2.41. The van der Waals surface area contributed by atoms with E-state index in [0.29, 0.717) is 23.2 Å². The van der Waals surface area contributed by atoms with Crippen LogP contribution in [0.15, 0.2) is 24.3 Å². The average molecular weight is 263 g/mol. The van der Waals surface area contributed by atoms with Crippen LogP contribution in [0, 0.1) is 12.7 Å². The summed E-state index contributed by atoms with van der Waals surface area (Å²) in [5.74, 6) is 6.13. The fraction of sp³-hybridized carbons (Fsp3) is 0.167. The van der Waals surface area contributed by atoms with Crippen LogP contribution in [0.4, 0.5) is 21.8 Å². The largest absolute Gasteiger partial charge is 0.494 e. The van der Waals surface area contributed by atoms with Gasteiger partial charge in [-0.3, -0.25) is 5.43 Å². The molecule has 0 amide bonds. The number of nitrogens with two attached hydrogens (primary N) is 1. The van der Waals surface area contributed by atoms with E-state index in [9.17, 15) is 4.39 Å². The summed E-state index contributed by atoms with van der Waals surface area (Å²) >= 11 is 0. The van der Waals surface area contributed by atoms with E-state index in [1.54, 1.807) is 12.1 Å². The lowest BCUT2D eigenvalue weighted by atomic mass is 10.2. The number of nitrogen functional groups attached to an aromatic ring is 1. The number of ether oxygens (including phenoxy) is 1. The van der Waals surface area contributed by atoms with Gasteiger partial charge < -0.3 is 10.1 Å². The first-order valence-electron chi connectivity index (χ1n) is 5.55. The maximum absolute atomic E-state index is 13.1. The van der Waals surface area contributed by atoms with Crippen LogP contribution in [0.1, 0.15) is 5.69 Å². The molecule has 0 bridgehead atoms. The Hall–Kier alpha value is -2.41. The molecule has 0 atom stereocenters. The summed E-state index contributed by atoms with van der Waals surface area (Å²) in [6.45, 7) is 1.82. The average Bonchev–Trinajstić information content (AvgIpc) is 2.40. The Morgan fingerprint density at radius 2 is 2.05 bits per heavy atom. The van der Waals surface area contributed by atoms with Crippen molar-refractivity contribution >= 4 is 17.5 Å². The number of anilines is 3. The Balaban J connectivity index is 2.33. The summed E-state index contributed by atoms with van der Waals surface area (Å²) < 4.78 is 18.2. The molecular weight excluding hydrogens is 249 g/mol. The van der Waals surface area contributed by atoms with Gasteiger partial charge in [0.25, 0.3) is 0 Å². The molecule has 4 N–H and O–H groups in total. The lowest BCUT2D eigenvalue weighted by Gasteiger charge is -2.11. The molecule has 0 saturated carbocycles. The molecule has 100 valence electrons. The number of methoxy groups -OCH3 is 1. The number of hydrogen-bond acceptors (Lipinski definition) is 6. The smallest absolute Gasteiger partial charge is 0.239 e. The summed E-state index contributed by atoms with van der Waals surface area (Å²) in [5.41, 5.74) is 3.72. The molecule has 0 spiro atoms. The van der Waals surface area contributed by atoms with Gasteiger partial charge in [-0.05, 0) is 19.1 Å². The topological polar surface area (TPSA) is 85.1 Å². The van der Waals surface area contributed by atoms with Gasteiger partial charge in [0.2, 0.25) is 5.95 Å². The number of nitrogens with zero attached hydrogens (tertiary/aromatic N) is 2. The summed E-state index contributed by atoms with van der Waals surface area (Å²) in [7, 11) is 1.47. The van der Waals surface area contributed by atoms with Crippen molar-refractivity contribution in [3.05, 3.63) is 35.8 Å². The first-order valence-corrected chi connectivity index (χ1v) is 5.55. The van der Waals surface area contributed by atoms with Crippen LogP contribution in [0.25, 0.3) is 0 Å². The van der Waals surface area contributed by atoms with Gasteiger partial charge in [-0.15, -0.1) is 0 Å². The zero-order valence-corrected chi connectivity index (χ0v) is 10.6. The molecule has 1 heterocycles.